The van der Waals surface area contributed by atoms with Gasteiger partial charge in [0, 0.05) is 18.5 Å². The normalized spacial score (nSPS) is 20.3. The van der Waals surface area contributed by atoms with Gasteiger partial charge in [0.05, 0.1) is 6.54 Å². The van der Waals surface area contributed by atoms with E-state index in [0.29, 0.717) is 5.56 Å². The molecule has 18 heavy (non-hydrogen) atoms. The van der Waals surface area contributed by atoms with Gasteiger partial charge in [0.1, 0.15) is 0 Å². The minimum atomic E-state index is -2.79. The summed E-state index contributed by atoms with van der Waals surface area (Å²) < 4.78 is 26.2. The first kappa shape index (κ1) is 12.7. The quantitative estimate of drug-likeness (QED) is 0.608. The largest absolute Gasteiger partial charge is 0.342 e. The smallest absolute Gasteiger partial charge is 0.287 e. The molecule has 0 saturated carbocycles. The Morgan fingerprint density at radius 1 is 1.39 bits per heavy atom. The predicted octanol–water partition coefficient (Wildman–Crippen LogP) is 2.46. The van der Waals surface area contributed by atoms with Crippen LogP contribution in [-0.4, -0.2) is 35.9 Å². The van der Waals surface area contributed by atoms with Crippen LogP contribution in [0.4, 0.5) is 8.78 Å². The van der Waals surface area contributed by atoms with Crippen LogP contribution in [0.15, 0.2) is 30.3 Å². The van der Waals surface area contributed by atoms with E-state index in [4.69, 9.17) is 6.57 Å². The van der Waals surface area contributed by atoms with Crippen molar-refractivity contribution in [1.29, 1.82) is 0 Å². The molecule has 5 heteroatoms. The van der Waals surface area contributed by atoms with Crippen LogP contribution < -0.4 is 0 Å². The van der Waals surface area contributed by atoms with E-state index in [0.717, 1.165) is 0 Å². The van der Waals surface area contributed by atoms with Crippen molar-refractivity contribution in [2.45, 2.75) is 18.5 Å². The van der Waals surface area contributed by atoms with E-state index < -0.39 is 24.4 Å². The van der Waals surface area contributed by atoms with Gasteiger partial charge in [-0.15, -0.1) is 0 Å². The number of rotatable bonds is 3. The summed E-state index contributed by atoms with van der Waals surface area (Å²) in [5.74, 6) is -3.21. The predicted molar refractivity (Wildman–Crippen MR) is 62.3 cm³/mol. The van der Waals surface area contributed by atoms with Crippen molar-refractivity contribution in [3.8, 4) is 0 Å². The Kier molecular flexibility index (Phi) is 3.39. The number of ketones is 1. The number of benzene rings is 1. The summed E-state index contributed by atoms with van der Waals surface area (Å²) in [5.41, 5.74) is 0.383. The molecular formula is C13H12F2N2O. The fourth-order valence-electron chi connectivity index (χ4n) is 2.03. The maximum Gasteiger partial charge on any atom is 0.342 e. The van der Waals surface area contributed by atoms with E-state index in [9.17, 15) is 13.6 Å². The summed E-state index contributed by atoms with van der Waals surface area (Å²) in [6.07, 6.45) is -1.43. The third-order valence-electron chi connectivity index (χ3n) is 2.96. The van der Waals surface area contributed by atoms with Gasteiger partial charge in [-0.1, -0.05) is 30.3 Å². The molecule has 0 spiro atoms. The van der Waals surface area contributed by atoms with Gasteiger partial charge in [-0.2, -0.15) is 0 Å². The van der Waals surface area contributed by atoms with Crippen LogP contribution in [0.3, 0.4) is 0 Å². The molecule has 1 atom stereocenters. The molecule has 1 heterocycles. The number of alkyl halides is 2. The Balaban J connectivity index is 2.16. The van der Waals surface area contributed by atoms with Crippen LogP contribution in [0.25, 0.3) is 4.85 Å². The number of likely N-dealkylation sites (tertiary alicyclic amines) is 1. The zero-order chi connectivity index (χ0) is 13.2. The van der Waals surface area contributed by atoms with Crippen molar-refractivity contribution >= 4 is 5.78 Å². The Bertz CT molecular complexity index is 482. The second kappa shape index (κ2) is 4.83. The van der Waals surface area contributed by atoms with Gasteiger partial charge in [0.25, 0.3) is 11.7 Å². The minimum Gasteiger partial charge on any atom is -0.287 e. The van der Waals surface area contributed by atoms with Crippen molar-refractivity contribution in [2.75, 3.05) is 13.1 Å². The third-order valence-corrected chi connectivity index (χ3v) is 2.96. The van der Waals surface area contributed by atoms with Gasteiger partial charge in [-0.25, -0.2) is 20.3 Å². The monoisotopic (exact) mass is 250 g/mol. The highest BCUT2D eigenvalue weighted by atomic mass is 19.3. The molecule has 0 aromatic heterocycles. The lowest BCUT2D eigenvalue weighted by atomic mass is 10.1. The molecule has 1 aliphatic heterocycles. The lowest BCUT2D eigenvalue weighted by Crippen LogP contribution is -2.38. The molecule has 1 saturated heterocycles. The lowest BCUT2D eigenvalue weighted by molar-refractivity contribution is 0.0101. The molecule has 1 aromatic rings. The average molecular weight is 250 g/mol. The molecular weight excluding hydrogens is 238 g/mol. The second-order valence-corrected chi connectivity index (χ2v) is 4.31. The molecule has 0 aliphatic carbocycles. The van der Waals surface area contributed by atoms with E-state index >= 15 is 0 Å². The average Bonchev–Trinajstić information content (AvgIpc) is 2.71. The number of carbonyl (C=O) groups is 1. The van der Waals surface area contributed by atoms with Crippen molar-refractivity contribution in [3.63, 3.8) is 0 Å². The van der Waals surface area contributed by atoms with Crippen molar-refractivity contribution in [2.24, 2.45) is 0 Å². The van der Waals surface area contributed by atoms with Crippen molar-refractivity contribution in [1.82, 2.24) is 4.90 Å². The standard InChI is InChI=1S/C13H12F2N2O/c1-16-12(17-8-7-13(14,15)9-17)11(18)10-5-3-2-4-6-10/h2-6,12H,7-9H2. The minimum absolute atomic E-state index is 0.0820. The molecule has 0 amide bonds. The van der Waals surface area contributed by atoms with Crippen LogP contribution in [0.1, 0.15) is 16.8 Å². The summed E-state index contributed by atoms with van der Waals surface area (Å²) in [4.78, 5) is 16.5. The summed E-state index contributed by atoms with van der Waals surface area (Å²) in [6.45, 7) is 6.62. The van der Waals surface area contributed by atoms with E-state index in [1.165, 1.54) is 4.90 Å². The molecule has 94 valence electrons. The Morgan fingerprint density at radius 3 is 2.56 bits per heavy atom. The number of hydrogen-bond donors (Lipinski definition) is 0. The Morgan fingerprint density at radius 2 is 2.06 bits per heavy atom. The van der Waals surface area contributed by atoms with Gasteiger partial charge < -0.3 is 0 Å². The van der Waals surface area contributed by atoms with E-state index in [2.05, 4.69) is 4.85 Å². The molecule has 1 fully saturated rings. The van der Waals surface area contributed by atoms with E-state index in [1.807, 2.05) is 0 Å². The number of carbonyl (C=O) groups excluding carboxylic acids is 1. The third kappa shape index (κ3) is 2.54. The second-order valence-electron chi connectivity index (χ2n) is 4.31. The molecule has 2 rings (SSSR count). The van der Waals surface area contributed by atoms with E-state index in [1.54, 1.807) is 30.3 Å². The topological polar surface area (TPSA) is 24.7 Å². The van der Waals surface area contributed by atoms with Crippen LogP contribution in [0.2, 0.25) is 0 Å². The molecule has 1 aromatic carbocycles. The number of Topliss-reactive ketones (excluding diaryl/α,β-unsaturated/α-hetero) is 1. The summed E-state index contributed by atoms with van der Waals surface area (Å²) in [7, 11) is 0. The summed E-state index contributed by atoms with van der Waals surface area (Å²) in [5, 5.41) is 0. The highest BCUT2D eigenvalue weighted by Crippen LogP contribution is 2.29. The first-order chi connectivity index (χ1) is 8.53. The van der Waals surface area contributed by atoms with Crippen LogP contribution in [0.5, 0.6) is 0 Å². The molecule has 0 N–H and O–H groups in total. The molecule has 1 aliphatic rings. The summed E-state index contributed by atoms with van der Waals surface area (Å²) in [6, 6.07) is 8.32. The Labute approximate surface area is 104 Å². The molecule has 1 unspecified atom stereocenters. The maximum atomic E-state index is 13.1. The Hall–Kier alpha value is -1.80. The van der Waals surface area contributed by atoms with Crippen molar-refractivity contribution in [3.05, 3.63) is 47.3 Å². The summed E-state index contributed by atoms with van der Waals surface area (Å²) >= 11 is 0. The zero-order valence-electron chi connectivity index (χ0n) is 9.64. The zero-order valence-corrected chi connectivity index (χ0v) is 9.64. The van der Waals surface area contributed by atoms with Crippen LogP contribution in [0, 0.1) is 6.57 Å². The SMILES string of the molecule is [C-]#[N+]C(C(=O)c1ccccc1)N1CCC(F)(F)C1. The highest BCUT2D eigenvalue weighted by Gasteiger charge is 2.45. The van der Waals surface area contributed by atoms with Gasteiger partial charge >= 0.3 is 6.17 Å². The van der Waals surface area contributed by atoms with Gasteiger partial charge in [0.2, 0.25) is 0 Å². The first-order valence-corrected chi connectivity index (χ1v) is 5.61. The maximum absolute atomic E-state index is 13.1. The fraction of sp³-hybridized carbons (Fsp3) is 0.385. The molecule has 0 bridgehead atoms. The molecule has 0 radical (unpaired) electrons. The van der Waals surface area contributed by atoms with Gasteiger partial charge in [-0.3, -0.25) is 9.64 Å². The number of nitrogens with zero attached hydrogens (tertiary/aromatic N) is 2. The number of halogens is 2. The molecule has 3 nitrogen and oxygen atoms in total. The first-order valence-electron chi connectivity index (χ1n) is 5.61. The highest BCUT2D eigenvalue weighted by molar-refractivity contribution is 6.00. The lowest BCUT2D eigenvalue weighted by Gasteiger charge is -2.16. The van der Waals surface area contributed by atoms with Crippen molar-refractivity contribution < 1.29 is 13.6 Å². The van der Waals surface area contributed by atoms with Gasteiger partial charge in [0.15, 0.2) is 0 Å². The number of hydrogen-bond acceptors (Lipinski definition) is 2. The van der Waals surface area contributed by atoms with E-state index in [-0.39, 0.29) is 13.0 Å². The van der Waals surface area contributed by atoms with Gasteiger partial charge in [-0.05, 0) is 0 Å². The fourth-order valence-corrected chi connectivity index (χ4v) is 2.03. The van der Waals surface area contributed by atoms with Crippen LogP contribution in [-0.2, 0) is 0 Å². The van der Waals surface area contributed by atoms with Crippen LogP contribution >= 0.6 is 0 Å².